The monoisotopic (exact) mass is 466 g/mol. The highest BCUT2D eigenvalue weighted by Crippen LogP contribution is 2.21. The minimum Gasteiger partial charge on any atom is -0.374 e. The van der Waals surface area contributed by atoms with Crippen LogP contribution >= 0.6 is 0 Å². The van der Waals surface area contributed by atoms with Gasteiger partial charge in [0.05, 0.1) is 0 Å². The van der Waals surface area contributed by atoms with Crippen molar-refractivity contribution < 1.29 is 17.8 Å². The molecule has 0 N–H and O–H groups in total. The number of nitrogens with zero attached hydrogens (tertiary/aromatic N) is 1. The van der Waals surface area contributed by atoms with Crippen LogP contribution in [0.2, 0.25) is 6.04 Å². The van der Waals surface area contributed by atoms with Gasteiger partial charge in [0.1, 0.15) is 6.54 Å². The molecule has 0 saturated carbocycles. The normalized spacial score (nSPS) is 11.8. The smallest absolute Gasteiger partial charge is 0.374 e. The van der Waals surface area contributed by atoms with Crippen molar-refractivity contribution >= 4 is 8.80 Å². The summed E-state index contributed by atoms with van der Waals surface area (Å²) in [7, 11) is -2.42. The highest BCUT2D eigenvalue weighted by Gasteiger charge is 2.39. The van der Waals surface area contributed by atoms with Gasteiger partial charge in [-0.15, -0.1) is 0 Å². The number of aryl methyl sites for hydroxylation is 1. The van der Waals surface area contributed by atoms with Gasteiger partial charge in [0.25, 0.3) is 0 Å². The van der Waals surface area contributed by atoms with Crippen LogP contribution < -0.4 is 4.57 Å². The molecule has 0 saturated heterocycles. The Kier molecular flexibility index (Phi) is 19.1. The van der Waals surface area contributed by atoms with E-state index in [2.05, 4.69) is 35.2 Å². The van der Waals surface area contributed by atoms with Crippen molar-refractivity contribution in [1.82, 2.24) is 0 Å². The van der Waals surface area contributed by atoms with Gasteiger partial charge in [-0.3, -0.25) is 0 Å². The third-order valence-electron chi connectivity index (χ3n) is 6.02. The number of aromatic nitrogens is 1. The molecule has 0 aliphatic rings. The maximum atomic E-state index is 5.94. The fourth-order valence-corrected chi connectivity index (χ4v) is 7.03. The second-order valence-corrected chi connectivity index (χ2v) is 11.5. The average Bonchev–Trinajstić information content (AvgIpc) is 2.80. The van der Waals surface area contributed by atoms with Crippen LogP contribution in [0.3, 0.4) is 0 Å². The zero-order chi connectivity index (χ0) is 23.2. The fraction of sp³-hybridized carbons (Fsp3) is 0.815. The topological polar surface area (TPSA) is 31.6 Å². The molecule has 32 heavy (non-hydrogen) atoms. The van der Waals surface area contributed by atoms with Crippen molar-refractivity contribution in [2.45, 2.75) is 123 Å². The molecular weight excluding hydrogens is 414 g/mol. The summed E-state index contributed by atoms with van der Waals surface area (Å²) in [5.41, 5.74) is 0. The van der Waals surface area contributed by atoms with Gasteiger partial charge in [0.15, 0.2) is 12.4 Å². The average molecular weight is 467 g/mol. The first-order valence-electron chi connectivity index (χ1n) is 13.6. The zero-order valence-electron chi connectivity index (χ0n) is 21.5. The first-order valence-corrected chi connectivity index (χ1v) is 15.6. The summed E-state index contributed by atoms with van der Waals surface area (Å²) in [6, 6.07) is 7.27. The second-order valence-electron chi connectivity index (χ2n) is 8.80. The maximum Gasteiger partial charge on any atom is 0.500 e. The predicted octanol–water partition coefficient (Wildman–Crippen LogP) is 7.48. The Labute approximate surface area is 200 Å². The largest absolute Gasteiger partial charge is 0.500 e. The molecule has 4 nitrogen and oxygen atoms in total. The van der Waals surface area contributed by atoms with E-state index in [1.165, 1.54) is 83.5 Å². The van der Waals surface area contributed by atoms with Crippen LogP contribution in [-0.2, 0) is 19.8 Å². The van der Waals surface area contributed by atoms with Gasteiger partial charge in [0.2, 0.25) is 0 Å². The molecule has 0 bridgehead atoms. The molecule has 0 unspecified atom stereocenters. The molecule has 1 aromatic heterocycles. The molecule has 1 aromatic rings. The molecule has 1 rings (SSSR count). The van der Waals surface area contributed by atoms with Crippen LogP contribution in [0.15, 0.2) is 30.6 Å². The van der Waals surface area contributed by atoms with E-state index in [1.54, 1.807) is 0 Å². The van der Waals surface area contributed by atoms with Crippen molar-refractivity contribution in [1.29, 1.82) is 0 Å². The van der Waals surface area contributed by atoms with Crippen LogP contribution in [0, 0.1) is 0 Å². The highest BCUT2D eigenvalue weighted by molar-refractivity contribution is 6.60. The summed E-state index contributed by atoms with van der Waals surface area (Å²) in [4.78, 5) is 0. The zero-order valence-corrected chi connectivity index (χ0v) is 22.5. The third kappa shape index (κ3) is 15.1. The Morgan fingerprint density at radius 3 is 1.28 bits per heavy atom. The van der Waals surface area contributed by atoms with E-state index in [4.69, 9.17) is 13.3 Å². The molecule has 0 radical (unpaired) electrons. The van der Waals surface area contributed by atoms with Crippen LogP contribution in [0.5, 0.6) is 0 Å². The Morgan fingerprint density at radius 2 is 0.875 bits per heavy atom. The lowest BCUT2D eigenvalue weighted by molar-refractivity contribution is -0.697. The van der Waals surface area contributed by atoms with Crippen molar-refractivity contribution in [2.75, 3.05) is 19.8 Å². The molecule has 0 atom stereocenters. The molecule has 0 aliphatic heterocycles. The number of unbranched alkanes of at least 4 members (excludes halogenated alkanes) is 13. The Balaban J connectivity index is 1.86. The predicted molar refractivity (Wildman–Crippen MR) is 137 cm³/mol. The van der Waals surface area contributed by atoms with Crippen molar-refractivity contribution in [3.63, 3.8) is 0 Å². The second kappa shape index (κ2) is 20.8. The molecule has 0 aromatic carbocycles. The molecule has 0 spiro atoms. The fourth-order valence-electron chi connectivity index (χ4n) is 4.34. The number of hydrogen-bond donors (Lipinski definition) is 0. The lowest BCUT2D eigenvalue weighted by atomic mass is 10.0. The Bertz CT molecular complexity index is 498. The lowest BCUT2D eigenvalue weighted by Gasteiger charge is -2.28. The van der Waals surface area contributed by atoms with Gasteiger partial charge in [-0.05, 0) is 33.6 Å². The molecule has 1 heterocycles. The Hall–Kier alpha value is -0.753. The summed E-state index contributed by atoms with van der Waals surface area (Å²) in [5, 5.41) is 0. The van der Waals surface area contributed by atoms with Gasteiger partial charge < -0.3 is 13.3 Å². The standard InChI is InChI=1S/C27H52NO3Si/c1-4-29-32(30-5-2,31-6-3)27-23-18-16-14-12-10-8-7-9-11-13-15-17-20-24-28-25-21-19-22-26-28/h19,21-22,25-26H,4-18,20,23-24,27H2,1-3H3/q+1. The van der Waals surface area contributed by atoms with E-state index in [-0.39, 0.29) is 0 Å². The quantitative estimate of drug-likeness (QED) is 0.0951. The van der Waals surface area contributed by atoms with Gasteiger partial charge >= 0.3 is 8.80 Å². The van der Waals surface area contributed by atoms with Crippen LogP contribution in [0.25, 0.3) is 0 Å². The highest BCUT2D eigenvalue weighted by atomic mass is 28.4. The summed E-state index contributed by atoms with van der Waals surface area (Å²) in [5.74, 6) is 0. The number of hydrogen-bond acceptors (Lipinski definition) is 3. The van der Waals surface area contributed by atoms with E-state index < -0.39 is 8.80 Å². The summed E-state index contributed by atoms with van der Waals surface area (Å²) < 4.78 is 20.1. The first-order chi connectivity index (χ1) is 15.8. The maximum absolute atomic E-state index is 5.94. The van der Waals surface area contributed by atoms with E-state index >= 15 is 0 Å². The van der Waals surface area contributed by atoms with Crippen molar-refractivity contribution in [3.05, 3.63) is 30.6 Å². The summed E-state index contributed by atoms with van der Waals surface area (Å²) >= 11 is 0. The molecule has 0 fully saturated rings. The van der Waals surface area contributed by atoms with Crippen LogP contribution in [-0.4, -0.2) is 28.6 Å². The molecule has 5 heteroatoms. The summed E-state index contributed by atoms with van der Waals surface area (Å²) in [6.07, 6.45) is 23.4. The first kappa shape index (κ1) is 29.3. The third-order valence-corrected chi connectivity index (χ3v) is 9.17. The van der Waals surface area contributed by atoms with Gasteiger partial charge in [-0.1, -0.05) is 76.7 Å². The number of pyridine rings is 1. The van der Waals surface area contributed by atoms with E-state index in [1.807, 2.05) is 20.8 Å². The van der Waals surface area contributed by atoms with E-state index in [0.29, 0.717) is 19.8 Å². The minimum atomic E-state index is -2.42. The molecule has 186 valence electrons. The molecular formula is C27H52NO3Si+. The number of rotatable bonds is 23. The lowest BCUT2D eigenvalue weighted by Crippen LogP contribution is -2.45. The molecule has 0 aliphatic carbocycles. The molecule has 0 amide bonds. The Morgan fingerprint density at radius 1 is 0.500 bits per heavy atom. The summed E-state index contributed by atoms with van der Waals surface area (Å²) in [6.45, 7) is 9.30. The van der Waals surface area contributed by atoms with E-state index in [9.17, 15) is 0 Å². The van der Waals surface area contributed by atoms with Crippen LogP contribution in [0.4, 0.5) is 0 Å². The van der Waals surface area contributed by atoms with Gasteiger partial charge in [0, 0.05) is 44.4 Å². The van der Waals surface area contributed by atoms with Crippen molar-refractivity contribution in [2.24, 2.45) is 0 Å². The SMILES string of the molecule is CCO[Si](CCCCCCCCCCCCCCCC[n+]1ccccc1)(OCC)OCC. The van der Waals surface area contributed by atoms with Crippen LogP contribution in [0.1, 0.15) is 111 Å². The minimum absolute atomic E-state index is 0.680. The van der Waals surface area contributed by atoms with Gasteiger partial charge in [-0.25, -0.2) is 4.57 Å². The van der Waals surface area contributed by atoms with E-state index in [0.717, 1.165) is 19.0 Å². The van der Waals surface area contributed by atoms with Crippen molar-refractivity contribution in [3.8, 4) is 0 Å². The van der Waals surface area contributed by atoms with Gasteiger partial charge in [-0.2, -0.15) is 0 Å².